The number of piperidine rings is 1. The summed E-state index contributed by atoms with van der Waals surface area (Å²) < 4.78 is 0. The van der Waals surface area contributed by atoms with Crippen LogP contribution in [-0.2, 0) is 6.54 Å². The van der Waals surface area contributed by atoms with Crippen molar-refractivity contribution >= 4 is 23.2 Å². The Morgan fingerprint density at radius 2 is 1.95 bits per heavy atom. The Bertz CT molecular complexity index is 414. The fraction of sp³-hybridized carbons (Fsp3) is 0.625. The second-order valence-corrected chi connectivity index (χ2v) is 6.70. The summed E-state index contributed by atoms with van der Waals surface area (Å²) in [6.07, 6.45) is 3.83. The van der Waals surface area contributed by atoms with Gasteiger partial charge in [-0.05, 0) is 31.5 Å². The van der Waals surface area contributed by atoms with Gasteiger partial charge in [-0.1, -0.05) is 49.5 Å². The number of rotatable bonds is 5. The van der Waals surface area contributed by atoms with Gasteiger partial charge in [-0.15, -0.1) is 0 Å². The Kier molecular flexibility index (Phi) is 6.16. The summed E-state index contributed by atoms with van der Waals surface area (Å²) in [5.41, 5.74) is 1.06. The summed E-state index contributed by atoms with van der Waals surface area (Å²) in [5.74, 6) is 0. The summed E-state index contributed by atoms with van der Waals surface area (Å²) in [5, 5.41) is 5.11. The lowest BCUT2D eigenvalue weighted by Crippen LogP contribution is -2.46. The van der Waals surface area contributed by atoms with Gasteiger partial charge in [0.2, 0.25) is 0 Å². The van der Waals surface area contributed by atoms with Crippen molar-refractivity contribution in [2.24, 2.45) is 0 Å². The van der Waals surface area contributed by atoms with E-state index in [2.05, 4.69) is 24.1 Å². The molecule has 0 aliphatic carbocycles. The third kappa shape index (κ3) is 4.36. The standard InChI is InChI=1S/C16H24Cl2N2/c1-12(2)19-10-13-6-3-4-9-20(13)11-14-15(17)7-5-8-16(14)18/h5,7-8,12-13,19H,3-4,6,9-11H2,1-2H3. The minimum atomic E-state index is 0.530. The second kappa shape index (κ2) is 7.65. The molecule has 0 saturated carbocycles. The van der Waals surface area contributed by atoms with Gasteiger partial charge in [0.25, 0.3) is 0 Å². The first-order chi connectivity index (χ1) is 9.58. The maximum absolute atomic E-state index is 6.30. The molecule has 1 aliphatic rings. The molecule has 1 aliphatic heterocycles. The summed E-state index contributed by atoms with van der Waals surface area (Å²) in [4.78, 5) is 2.52. The minimum Gasteiger partial charge on any atom is -0.313 e. The van der Waals surface area contributed by atoms with Gasteiger partial charge in [-0.2, -0.15) is 0 Å². The summed E-state index contributed by atoms with van der Waals surface area (Å²) in [7, 11) is 0. The average Bonchev–Trinajstić information content (AvgIpc) is 2.42. The highest BCUT2D eigenvalue weighted by Crippen LogP contribution is 2.28. The Morgan fingerprint density at radius 3 is 2.60 bits per heavy atom. The molecular formula is C16H24Cl2N2. The van der Waals surface area contributed by atoms with E-state index in [4.69, 9.17) is 23.2 Å². The molecule has 1 N–H and O–H groups in total. The van der Waals surface area contributed by atoms with Crippen LogP contribution >= 0.6 is 23.2 Å². The van der Waals surface area contributed by atoms with Crippen LogP contribution in [0, 0.1) is 0 Å². The smallest absolute Gasteiger partial charge is 0.0465 e. The van der Waals surface area contributed by atoms with E-state index in [0.29, 0.717) is 12.1 Å². The molecule has 112 valence electrons. The molecule has 0 radical (unpaired) electrons. The molecule has 0 spiro atoms. The van der Waals surface area contributed by atoms with Gasteiger partial charge in [0.05, 0.1) is 0 Å². The highest BCUT2D eigenvalue weighted by Gasteiger charge is 2.23. The molecule has 1 fully saturated rings. The van der Waals surface area contributed by atoms with Crippen molar-refractivity contribution in [3.8, 4) is 0 Å². The van der Waals surface area contributed by atoms with Crippen LogP contribution in [0.25, 0.3) is 0 Å². The zero-order chi connectivity index (χ0) is 14.5. The fourth-order valence-electron chi connectivity index (χ4n) is 2.76. The molecule has 0 bridgehead atoms. The van der Waals surface area contributed by atoms with Crippen molar-refractivity contribution < 1.29 is 0 Å². The zero-order valence-electron chi connectivity index (χ0n) is 12.3. The van der Waals surface area contributed by atoms with Crippen LogP contribution in [0.2, 0.25) is 10.0 Å². The molecule has 1 atom stereocenters. The quantitative estimate of drug-likeness (QED) is 0.869. The third-order valence-electron chi connectivity index (χ3n) is 3.93. The van der Waals surface area contributed by atoms with Crippen molar-refractivity contribution in [2.45, 2.75) is 51.7 Å². The van der Waals surface area contributed by atoms with Gasteiger partial charge in [-0.25, -0.2) is 0 Å². The summed E-state index contributed by atoms with van der Waals surface area (Å²) >= 11 is 12.6. The topological polar surface area (TPSA) is 15.3 Å². The Labute approximate surface area is 132 Å². The number of likely N-dealkylation sites (tertiary alicyclic amines) is 1. The maximum atomic E-state index is 6.30. The van der Waals surface area contributed by atoms with E-state index >= 15 is 0 Å². The van der Waals surface area contributed by atoms with Crippen LogP contribution in [-0.4, -0.2) is 30.1 Å². The molecule has 0 aromatic heterocycles. The average molecular weight is 315 g/mol. The maximum Gasteiger partial charge on any atom is 0.0465 e. The number of hydrogen-bond donors (Lipinski definition) is 1. The lowest BCUT2D eigenvalue weighted by atomic mass is 10.0. The van der Waals surface area contributed by atoms with Crippen molar-refractivity contribution in [1.29, 1.82) is 0 Å². The van der Waals surface area contributed by atoms with Gasteiger partial charge < -0.3 is 5.32 Å². The third-order valence-corrected chi connectivity index (χ3v) is 4.64. The molecule has 4 heteroatoms. The van der Waals surface area contributed by atoms with E-state index in [9.17, 15) is 0 Å². The minimum absolute atomic E-state index is 0.530. The lowest BCUT2D eigenvalue weighted by Gasteiger charge is -2.36. The molecule has 20 heavy (non-hydrogen) atoms. The number of hydrogen-bond acceptors (Lipinski definition) is 2. The molecule has 1 aromatic rings. The van der Waals surface area contributed by atoms with Crippen molar-refractivity contribution in [2.75, 3.05) is 13.1 Å². The van der Waals surface area contributed by atoms with Gasteiger partial charge in [-0.3, -0.25) is 4.90 Å². The number of nitrogens with zero attached hydrogens (tertiary/aromatic N) is 1. The Hall–Kier alpha value is -0.280. The molecule has 1 saturated heterocycles. The first-order valence-corrected chi connectivity index (χ1v) is 8.24. The van der Waals surface area contributed by atoms with E-state index < -0.39 is 0 Å². The molecule has 1 aromatic carbocycles. The molecule has 2 nitrogen and oxygen atoms in total. The van der Waals surface area contributed by atoms with Gasteiger partial charge >= 0.3 is 0 Å². The monoisotopic (exact) mass is 314 g/mol. The normalized spacial score (nSPS) is 20.6. The predicted octanol–water partition coefficient (Wildman–Crippen LogP) is 4.35. The van der Waals surface area contributed by atoms with E-state index in [1.165, 1.54) is 19.3 Å². The van der Waals surface area contributed by atoms with Gasteiger partial charge in [0.1, 0.15) is 0 Å². The van der Waals surface area contributed by atoms with E-state index in [1.807, 2.05) is 18.2 Å². The molecule has 0 amide bonds. The predicted molar refractivity (Wildman–Crippen MR) is 87.6 cm³/mol. The van der Waals surface area contributed by atoms with Crippen LogP contribution in [0.5, 0.6) is 0 Å². The van der Waals surface area contributed by atoms with Gasteiger partial charge in [0, 0.05) is 40.8 Å². The molecule has 1 heterocycles. The van der Waals surface area contributed by atoms with Crippen molar-refractivity contribution in [3.05, 3.63) is 33.8 Å². The highest BCUT2D eigenvalue weighted by atomic mass is 35.5. The van der Waals surface area contributed by atoms with Crippen molar-refractivity contribution in [3.63, 3.8) is 0 Å². The van der Waals surface area contributed by atoms with E-state index in [0.717, 1.165) is 35.2 Å². The zero-order valence-corrected chi connectivity index (χ0v) is 13.8. The SMILES string of the molecule is CC(C)NCC1CCCCN1Cc1c(Cl)cccc1Cl. The first-order valence-electron chi connectivity index (χ1n) is 7.48. The summed E-state index contributed by atoms with van der Waals surface area (Å²) in [6.45, 7) is 7.41. The van der Waals surface area contributed by atoms with Crippen LogP contribution in [0.4, 0.5) is 0 Å². The van der Waals surface area contributed by atoms with E-state index in [-0.39, 0.29) is 0 Å². The van der Waals surface area contributed by atoms with Crippen LogP contribution in [0.1, 0.15) is 38.7 Å². The molecule has 1 unspecified atom stereocenters. The van der Waals surface area contributed by atoms with Gasteiger partial charge in [0.15, 0.2) is 0 Å². The van der Waals surface area contributed by atoms with E-state index in [1.54, 1.807) is 0 Å². The molecule has 2 rings (SSSR count). The highest BCUT2D eigenvalue weighted by molar-refractivity contribution is 6.35. The fourth-order valence-corrected chi connectivity index (χ4v) is 3.27. The Balaban J connectivity index is 2.04. The number of halogens is 2. The van der Waals surface area contributed by atoms with Crippen LogP contribution in [0.15, 0.2) is 18.2 Å². The lowest BCUT2D eigenvalue weighted by molar-refractivity contribution is 0.136. The number of nitrogens with one attached hydrogen (secondary N) is 1. The van der Waals surface area contributed by atoms with Crippen molar-refractivity contribution in [1.82, 2.24) is 10.2 Å². The second-order valence-electron chi connectivity index (χ2n) is 5.88. The van der Waals surface area contributed by atoms with Crippen LogP contribution in [0.3, 0.4) is 0 Å². The van der Waals surface area contributed by atoms with Crippen LogP contribution < -0.4 is 5.32 Å². The Morgan fingerprint density at radius 1 is 1.25 bits per heavy atom. The molecular weight excluding hydrogens is 291 g/mol. The largest absolute Gasteiger partial charge is 0.313 e. The number of benzene rings is 1. The summed E-state index contributed by atoms with van der Waals surface area (Å²) in [6, 6.07) is 6.87. The first kappa shape index (κ1) is 16.1.